The molecule has 2 saturated carbocycles. The van der Waals surface area contributed by atoms with Crippen LogP contribution in [-0.2, 0) is 4.87 Å². The van der Waals surface area contributed by atoms with E-state index in [9.17, 15) is 4.79 Å². The Balaban J connectivity index is 1.38. The number of carbonyl (C=O) groups is 1. The number of hydrogen-bond acceptors (Lipinski definition) is 1. The van der Waals surface area contributed by atoms with Crippen molar-refractivity contribution in [3.8, 4) is 0 Å². The molecular weight excluding hydrogens is 497 g/mol. The van der Waals surface area contributed by atoms with E-state index in [-0.39, 0.29) is 11.9 Å². The van der Waals surface area contributed by atoms with Crippen LogP contribution in [0.25, 0.3) is 0 Å². The number of halogens is 2. The predicted molar refractivity (Wildman–Crippen MR) is 154 cm³/mol. The Hall–Kier alpha value is -2.29. The van der Waals surface area contributed by atoms with Gasteiger partial charge in [0, 0.05) is 22.2 Å². The Labute approximate surface area is 231 Å². The first-order valence-electron chi connectivity index (χ1n) is 13.9. The van der Waals surface area contributed by atoms with Gasteiger partial charge in [-0.2, -0.15) is 0 Å². The molecule has 4 heteroatoms. The van der Waals surface area contributed by atoms with E-state index in [0.717, 1.165) is 34.9 Å². The molecule has 3 aromatic carbocycles. The summed E-state index contributed by atoms with van der Waals surface area (Å²) >= 11 is 14.1. The highest BCUT2D eigenvalue weighted by Crippen LogP contribution is 2.45. The topological polar surface area (TPSA) is 29.1 Å². The van der Waals surface area contributed by atoms with Crippen molar-refractivity contribution >= 4 is 29.1 Å². The molecule has 0 radical (unpaired) electrons. The van der Waals surface area contributed by atoms with Crippen LogP contribution in [0.2, 0.25) is 5.02 Å². The van der Waals surface area contributed by atoms with Crippen LogP contribution in [-0.4, -0.2) is 11.9 Å². The Kier molecular flexibility index (Phi) is 8.27. The lowest BCUT2D eigenvalue weighted by Crippen LogP contribution is -2.42. The van der Waals surface area contributed by atoms with E-state index in [4.69, 9.17) is 23.2 Å². The van der Waals surface area contributed by atoms with Gasteiger partial charge in [0.2, 0.25) is 0 Å². The smallest absolute Gasteiger partial charge is 0.251 e. The van der Waals surface area contributed by atoms with Crippen LogP contribution in [0.3, 0.4) is 0 Å². The van der Waals surface area contributed by atoms with Crippen LogP contribution in [0.5, 0.6) is 0 Å². The van der Waals surface area contributed by atoms with Gasteiger partial charge in [-0.1, -0.05) is 105 Å². The molecule has 3 aromatic rings. The van der Waals surface area contributed by atoms with Crippen LogP contribution in [0, 0.1) is 17.8 Å². The van der Waals surface area contributed by atoms with Crippen molar-refractivity contribution in [2.75, 3.05) is 0 Å². The highest BCUT2D eigenvalue weighted by Gasteiger charge is 2.36. The maximum absolute atomic E-state index is 13.4. The maximum atomic E-state index is 13.4. The minimum Gasteiger partial charge on any atom is -0.349 e. The molecule has 0 saturated heterocycles. The molecule has 5 atom stereocenters. The van der Waals surface area contributed by atoms with Gasteiger partial charge in [-0.3, -0.25) is 4.79 Å². The number of rotatable bonds is 5. The number of alkyl halides is 1. The van der Waals surface area contributed by atoms with Crippen molar-refractivity contribution in [1.29, 1.82) is 0 Å². The second-order valence-corrected chi connectivity index (χ2v) is 12.1. The largest absolute Gasteiger partial charge is 0.349 e. The van der Waals surface area contributed by atoms with E-state index in [0.29, 0.717) is 16.5 Å². The first kappa shape index (κ1) is 26.3. The molecule has 0 aliphatic heterocycles. The fourth-order valence-corrected chi connectivity index (χ4v) is 7.38. The van der Waals surface area contributed by atoms with Gasteiger partial charge in [-0.05, 0) is 72.8 Å². The van der Waals surface area contributed by atoms with Crippen LogP contribution in [0.1, 0.15) is 85.3 Å². The number of fused-ring (bicyclic) bond motifs is 3. The summed E-state index contributed by atoms with van der Waals surface area (Å²) in [6.45, 7) is 2.44. The first-order valence-corrected chi connectivity index (χ1v) is 14.6. The Bertz CT molecular complexity index is 1190. The second kappa shape index (κ2) is 11.6. The van der Waals surface area contributed by atoms with Gasteiger partial charge in [-0.25, -0.2) is 0 Å². The fraction of sp³-hybridized carbons (Fsp3) is 0.424. The monoisotopic (exact) mass is 533 g/mol. The number of carbonyl (C=O) groups excluding carboxylic acids is 1. The Morgan fingerprint density at radius 3 is 2.14 bits per heavy atom. The molecule has 2 nitrogen and oxygen atoms in total. The molecule has 2 fully saturated rings. The average Bonchev–Trinajstić information content (AvgIpc) is 2.91. The lowest BCUT2D eigenvalue weighted by Gasteiger charge is -2.37. The second-order valence-electron chi connectivity index (χ2n) is 11.1. The molecule has 0 spiro atoms. The van der Waals surface area contributed by atoms with Crippen LogP contribution < -0.4 is 5.32 Å². The first-order chi connectivity index (χ1) is 18.0. The van der Waals surface area contributed by atoms with Gasteiger partial charge in [0.1, 0.15) is 4.87 Å². The van der Waals surface area contributed by atoms with E-state index < -0.39 is 4.87 Å². The molecule has 2 aliphatic carbocycles. The highest BCUT2D eigenvalue weighted by atomic mass is 35.5. The molecule has 37 heavy (non-hydrogen) atoms. The number of hydrogen-bond donors (Lipinski definition) is 1. The summed E-state index contributed by atoms with van der Waals surface area (Å²) in [4.78, 5) is 12.4. The molecule has 194 valence electrons. The number of nitrogens with one attached hydrogen (secondary N) is 1. The van der Waals surface area contributed by atoms with E-state index in [2.05, 4.69) is 12.2 Å². The zero-order valence-corrected chi connectivity index (χ0v) is 23.1. The van der Waals surface area contributed by atoms with Gasteiger partial charge in [-0.15, -0.1) is 11.6 Å². The third kappa shape index (κ3) is 5.61. The highest BCUT2D eigenvalue weighted by molar-refractivity contribution is 6.34. The van der Waals surface area contributed by atoms with Gasteiger partial charge < -0.3 is 5.32 Å². The van der Waals surface area contributed by atoms with Crippen molar-refractivity contribution in [2.24, 2.45) is 17.8 Å². The van der Waals surface area contributed by atoms with E-state index >= 15 is 0 Å². The minimum absolute atomic E-state index is 0.0155. The van der Waals surface area contributed by atoms with Crippen LogP contribution in [0.4, 0.5) is 0 Å². The Morgan fingerprint density at radius 1 is 0.757 bits per heavy atom. The van der Waals surface area contributed by atoms with Gasteiger partial charge >= 0.3 is 0 Å². The average molecular weight is 535 g/mol. The third-order valence-electron chi connectivity index (χ3n) is 8.88. The molecule has 5 rings (SSSR count). The Morgan fingerprint density at radius 2 is 1.38 bits per heavy atom. The summed E-state index contributed by atoms with van der Waals surface area (Å²) in [6, 6.07) is 25.7. The summed E-state index contributed by atoms with van der Waals surface area (Å²) in [7, 11) is 0. The maximum Gasteiger partial charge on any atom is 0.251 e. The quantitative estimate of drug-likeness (QED) is 0.257. The standard InChI is InChI=1S/C33H37Cl2NO/c1-23-9-7-11-25-18-17-24(23)10-8-16-31(25)36-32(37)26-19-21-28(22-20-26)33(35,27-12-3-2-4-13-27)29-14-5-6-15-30(29)34/h2-6,12-15,19-25,31H,7-11,16-18H2,1H3,(H,36,37)/t23-,24?,25?,31?,33?/m0/s1. The SMILES string of the molecule is C[C@H]1CCCC2CCC1CCCC2NC(=O)c1ccc(C(Cl)(c2ccccc2)c2ccccc2Cl)cc1. The normalized spacial score (nSPS) is 25.7. The molecule has 4 unspecified atom stereocenters. The molecule has 2 aliphatic rings. The molecular formula is C33H37Cl2NO. The lowest BCUT2D eigenvalue weighted by molar-refractivity contribution is 0.0892. The van der Waals surface area contributed by atoms with Crippen molar-refractivity contribution in [3.05, 3.63) is 106 Å². The van der Waals surface area contributed by atoms with Gasteiger partial charge in [0.05, 0.1) is 0 Å². The van der Waals surface area contributed by atoms with E-state index in [1.54, 1.807) is 0 Å². The summed E-state index contributed by atoms with van der Waals surface area (Å²) in [6.07, 6.45) is 9.98. The van der Waals surface area contributed by atoms with Gasteiger partial charge in [0.25, 0.3) is 5.91 Å². The third-order valence-corrected chi connectivity index (χ3v) is 9.85. The number of benzene rings is 3. The summed E-state index contributed by atoms with van der Waals surface area (Å²) in [5, 5.41) is 4.04. The van der Waals surface area contributed by atoms with Crippen molar-refractivity contribution in [1.82, 2.24) is 5.32 Å². The van der Waals surface area contributed by atoms with E-state index in [1.165, 1.54) is 44.9 Å². The molecule has 1 amide bonds. The van der Waals surface area contributed by atoms with Crippen LogP contribution >= 0.6 is 23.2 Å². The number of amides is 1. The molecule has 0 heterocycles. The summed E-state index contributed by atoms with van der Waals surface area (Å²) < 4.78 is 0. The molecule has 1 N–H and O–H groups in total. The van der Waals surface area contributed by atoms with Crippen molar-refractivity contribution in [3.63, 3.8) is 0 Å². The zero-order chi connectivity index (χ0) is 25.8. The van der Waals surface area contributed by atoms with Gasteiger partial charge in [0.15, 0.2) is 0 Å². The van der Waals surface area contributed by atoms with Crippen molar-refractivity contribution in [2.45, 2.75) is 69.2 Å². The summed E-state index contributed by atoms with van der Waals surface area (Å²) in [5.41, 5.74) is 3.33. The summed E-state index contributed by atoms with van der Waals surface area (Å²) in [5.74, 6) is 2.32. The molecule has 0 aromatic heterocycles. The lowest BCUT2D eigenvalue weighted by atomic mass is 9.72. The van der Waals surface area contributed by atoms with Crippen LogP contribution in [0.15, 0.2) is 78.9 Å². The molecule has 2 bridgehead atoms. The zero-order valence-electron chi connectivity index (χ0n) is 21.6. The van der Waals surface area contributed by atoms with Crippen molar-refractivity contribution < 1.29 is 4.79 Å². The predicted octanol–water partition coefficient (Wildman–Crippen LogP) is 8.99. The van der Waals surface area contributed by atoms with E-state index in [1.807, 2.05) is 78.9 Å². The fourth-order valence-electron chi connectivity index (χ4n) is 6.64. The minimum atomic E-state index is -0.958.